The van der Waals surface area contributed by atoms with Gasteiger partial charge < -0.3 is 14.8 Å². The van der Waals surface area contributed by atoms with E-state index in [0.717, 1.165) is 16.6 Å². The van der Waals surface area contributed by atoms with Crippen LogP contribution in [0.15, 0.2) is 41.1 Å². The summed E-state index contributed by atoms with van der Waals surface area (Å²) in [4.78, 5) is 20.2. The van der Waals surface area contributed by atoms with Crippen molar-refractivity contribution >= 4 is 33.6 Å². The van der Waals surface area contributed by atoms with Crippen molar-refractivity contribution in [2.75, 3.05) is 5.32 Å². The number of hydrogen-bond donors (Lipinski definition) is 2. The highest BCUT2D eigenvalue weighted by atomic mass is 16.5. The average molecular weight is 306 g/mol. The van der Waals surface area contributed by atoms with Gasteiger partial charge in [0.15, 0.2) is 0 Å². The van der Waals surface area contributed by atoms with Crippen LogP contribution in [0.3, 0.4) is 0 Å². The third-order valence-corrected chi connectivity index (χ3v) is 3.83. The molecule has 0 aliphatic carbocycles. The van der Waals surface area contributed by atoms with Crippen molar-refractivity contribution in [2.24, 2.45) is 0 Å². The smallest absolute Gasteiger partial charge is 0.258 e. The minimum Gasteiger partial charge on any atom is -0.361 e. The van der Waals surface area contributed by atoms with Gasteiger partial charge in [-0.2, -0.15) is 0 Å². The molecule has 4 aromatic rings. The summed E-state index contributed by atoms with van der Waals surface area (Å²) in [5.74, 6) is -0.208. The van der Waals surface area contributed by atoms with E-state index in [2.05, 4.69) is 20.4 Å². The molecule has 0 saturated carbocycles. The van der Waals surface area contributed by atoms with E-state index in [1.165, 1.54) is 0 Å². The van der Waals surface area contributed by atoms with E-state index in [1.54, 1.807) is 13.0 Å². The van der Waals surface area contributed by atoms with Crippen LogP contribution < -0.4 is 5.32 Å². The van der Waals surface area contributed by atoms with E-state index in [9.17, 15) is 4.79 Å². The predicted octanol–water partition coefficient (Wildman–Crippen LogP) is 3.57. The van der Waals surface area contributed by atoms with Gasteiger partial charge in [-0.1, -0.05) is 11.2 Å². The molecule has 6 heteroatoms. The number of hydrogen-bond acceptors (Lipinski definition) is 4. The minimum atomic E-state index is -0.208. The number of rotatable bonds is 2. The number of pyridine rings is 1. The summed E-state index contributed by atoms with van der Waals surface area (Å²) < 4.78 is 5.18. The molecule has 3 heterocycles. The second-order valence-corrected chi connectivity index (χ2v) is 5.46. The maximum absolute atomic E-state index is 12.8. The summed E-state index contributed by atoms with van der Waals surface area (Å²) in [5.41, 5.74) is 3.98. The third-order valence-electron chi connectivity index (χ3n) is 3.83. The molecule has 0 spiro atoms. The van der Waals surface area contributed by atoms with Crippen LogP contribution in [0, 0.1) is 13.8 Å². The maximum atomic E-state index is 12.8. The summed E-state index contributed by atoms with van der Waals surface area (Å²) in [6.45, 7) is 3.62. The molecule has 0 aliphatic rings. The quantitative estimate of drug-likeness (QED) is 0.593. The number of anilines is 1. The van der Waals surface area contributed by atoms with E-state index in [4.69, 9.17) is 4.52 Å². The minimum absolute atomic E-state index is 0.208. The highest BCUT2D eigenvalue weighted by Crippen LogP contribution is 2.26. The predicted molar refractivity (Wildman–Crippen MR) is 87.5 cm³/mol. The number of fused-ring (bicyclic) bond motifs is 2. The van der Waals surface area contributed by atoms with Gasteiger partial charge in [0.1, 0.15) is 0 Å². The molecule has 6 nitrogen and oxygen atoms in total. The molecule has 0 saturated heterocycles. The van der Waals surface area contributed by atoms with E-state index < -0.39 is 0 Å². The van der Waals surface area contributed by atoms with Gasteiger partial charge >= 0.3 is 0 Å². The van der Waals surface area contributed by atoms with Crippen molar-refractivity contribution < 1.29 is 9.32 Å². The number of nitrogens with zero attached hydrogens (tertiary/aromatic N) is 2. The van der Waals surface area contributed by atoms with Crippen LogP contribution in [0.2, 0.25) is 0 Å². The number of aromatic nitrogens is 3. The molecule has 1 aromatic carbocycles. The summed E-state index contributed by atoms with van der Waals surface area (Å²) in [6, 6.07) is 9.41. The molecule has 2 N–H and O–H groups in total. The standard InChI is InChI=1S/C17H14N4O2/c1-9-8-12(15-10(2)21-23-17(15)19-9)16(22)20-14-5-3-4-13-11(14)6-7-18-13/h3-8,18H,1-2H3,(H,20,22). The Bertz CT molecular complexity index is 1050. The number of nitrogens with one attached hydrogen (secondary N) is 2. The average Bonchev–Trinajstić information content (AvgIpc) is 3.14. The fourth-order valence-electron chi connectivity index (χ4n) is 2.78. The fourth-order valence-corrected chi connectivity index (χ4v) is 2.78. The molecule has 0 unspecified atom stereocenters. The Morgan fingerprint density at radius 1 is 1.26 bits per heavy atom. The Morgan fingerprint density at radius 2 is 2.13 bits per heavy atom. The summed E-state index contributed by atoms with van der Waals surface area (Å²) in [7, 11) is 0. The van der Waals surface area contributed by atoms with Gasteiger partial charge in [-0.25, -0.2) is 4.98 Å². The van der Waals surface area contributed by atoms with Gasteiger partial charge in [0.05, 0.1) is 22.3 Å². The first-order chi connectivity index (χ1) is 11.1. The van der Waals surface area contributed by atoms with Crippen LogP contribution in [0.5, 0.6) is 0 Å². The van der Waals surface area contributed by atoms with Crippen molar-refractivity contribution in [3.8, 4) is 0 Å². The van der Waals surface area contributed by atoms with Gasteiger partial charge in [0, 0.05) is 22.8 Å². The zero-order valence-corrected chi connectivity index (χ0v) is 12.7. The lowest BCUT2D eigenvalue weighted by Gasteiger charge is -2.08. The van der Waals surface area contributed by atoms with Crippen molar-refractivity contribution in [3.63, 3.8) is 0 Å². The number of aromatic amines is 1. The van der Waals surface area contributed by atoms with Gasteiger partial charge in [-0.3, -0.25) is 4.79 Å². The Balaban J connectivity index is 1.81. The van der Waals surface area contributed by atoms with E-state index in [1.807, 2.05) is 37.4 Å². The number of benzene rings is 1. The zero-order valence-electron chi connectivity index (χ0n) is 12.7. The highest BCUT2D eigenvalue weighted by Gasteiger charge is 2.18. The SMILES string of the molecule is Cc1cc(C(=O)Nc2cccc3[nH]ccc23)c2c(C)noc2n1. The molecule has 23 heavy (non-hydrogen) atoms. The normalized spacial score (nSPS) is 11.2. The molecule has 0 bridgehead atoms. The van der Waals surface area contributed by atoms with Gasteiger partial charge in [0.25, 0.3) is 11.6 Å². The molecule has 0 aliphatic heterocycles. The van der Waals surface area contributed by atoms with E-state index >= 15 is 0 Å². The molecule has 1 amide bonds. The summed E-state index contributed by atoms with van der Waals surface area (Å²) in [6.07, 6.45) is 1.85. The van der Waals surface area contributed by atoms with Gasteiger partial charge in [-0.05, 0) is 38.1 Å². The maximum Gasteiger partial charge on any atom is 0.258 e. The number of H-pyrrole nitrogens is 1. The summed E-state index contributed by atoms with van der Waals surface area (Å²) in [5, 5.41) is 8.48. The first-order valence-electron chi connectivity index (χ1n) is 7.24. The van der Waals surface area contributed by atoms with Crippen LogP contribution in [-0.2, 0) is 0 Å². The van der Waals surface area contributed by atoms with Crippen LogP contribution in [0.4, 0.5) is 5.69 Å². The van der Waals surface area contributed by atoms with Crippen LogP contribution in [-0.4, -0.2) is 21.0 Å². The van der Waals surface area contributed by atoms with Crippen LogP contribution in [0.25, 0.3) is 22.0 Å². The Kier molecular flexibility index (Phi) is 2.90. The van der Waals surface area contributed by atoms with Crippen LogP contribution >= 0.6 is 0 Å². The monoisotopic (exact) mass is 306 g/mol. The fraction of sp³-hybridized carbons (Fsp3) is 0.118. The topological polar surface area (TPSA) is 83.8 Å². The second kappa shape index (κ2) is 4.95. The molecule has 114 valence electrons. The Morgan fingerprint density at radius 3 is 3.00 bits per heavy atom. The first-order valence-corrected chi connectivity index (χ1v) is 7.24. The summed E-state index contributed by atoms with van der Waals surface area (Å²) >= 11 is 0. The lowest BCUT2D eigenvalue weighted by atomic mass is 10.1. The number of carbonyl (C=O) groups is 1. The molecule has 4 rings (SSSR count). The van der Waals surface area contributed by atoms with Crippen molar-refractivity contribution in [3.05, 3.63) is 53.5 Å². The number of aryl methyl sites for hydroxylation is 2. The molecule has 0 fully saturated rings. The van der Waals surface area contributed by atoms with Gasteiger partial charge in [-0.15, -0.1) is 0 Å². The molecular weight excluding hydrogens is 292 g/mol. The molecule has 0 radical (unpaired) electrons. The second-order valence-electron chi connectivity index (χ2n) is 5.46. The zero-order chi connectivity index (χ0) is 16.0. The number of amides is 1. The van der Waals surface area contributed by atoms with Crippen molar-refractivity contribution in [1.29, 1.82) is 0 Å². The largest absolute Gasteiger partial charge is 0.361 e. The Hall–Kier alpha value is -3.15. The third kappa shape index (κ3) is 2.15. The molecular formula is C17H14N4O2. The van der Waals surface area contributed by atoms with Gasteiger partial charge in [0.2, 0.25) is 0 Å². The van der Waals surface area contributed by atoms with E-state index in [-0.39, 0.29) is 5.91 Å². The first kappa shape index (κ1) is 13.5. The molecule has 0 atom stereocenters. The highest BCUT2D eigenvalue weighted by molar-refractivity contribution is 6.14. The van der Waals surface area contributed by atoms with E-state index in [0.29, 0.717) is 28.1 Å². The lowest BCUT2D eigenvalue weighted by Crippen LogP contribution is -2.13. The van der Waals surface area contributed by atoms with Crippen molar-refractivity contribution in [2.45, 2.75) is 13.8 Å². The lowest BCUT2D eigenvalue weighted by molar-refractivity contribution is 0.102. The molecule has 3 aromatic heterocycles. The van der Waals surface area contributed by atoms with Crippen LogP contribution in [0.1, 0.15) is 21.7 Å². The number of carbonyl (C=O) groups excluding carboxylic acids is 1. The van der Waals surface area contributed by atoms with Crippen molar-refractivity contribution in [1.82, 2.24) is 15.1 Å². The Labute approximate surface area is 131 Å².